The Bertz CT molecular complexity index is 360. The summed E-state index contributed by atoms with van der Waals surface area (Å²) in [4.78, 5) is 10.2. The van der Waals surface area contributed by atoms with E-state index in [4.69, 9.17) is 9.90 Å². The molecule has 0 spiro atoms. The molecule has 0 aliphatic heterocycles. The van der Waals surface area contributed by atoms with Crippen molar-refractivity contribution in [2.75, 3.05) is 27.3 Å². The van der Waals surface area contributed by atoms with Gasteiger partial charge in [0.05, 0.1) is 6.67 Å². The van der Waals surface area contributed by atoms with Crippen molar-refractivity contribution in [3.05, 3.63) is 0 Å². The van der Waals surface area contributed by atoms with Gasteiger partial charge in [-0.3, -0.25) is 9.18 Å². The van der Waals surface area contributed by atoms with Gasteiger partial charge in [-0.15, -0.1) is 0 Å². The standard InChI is InChI=1S/C12H19F8N.C2H4O2/c1-21(2)5-7(15)9(17)11(19)12(20)10(18)8(16)6(14)3-4-13;1-2(3)4/h6-12H,3-5H2,1-2H3;1H3,(H,3,4). The normalized spacial score (nSPS) is 19.8. The molecular formula is C14H23F8NO2. The number of carboxylic acid groups (broad SMARTS) is 1. The number of carbonyl (C=O) groups is 1. The van der Waals surface area contributed by atoms with Crippen molar-refractivity contribution < 1.29 is 45.0 Å². The van der Waals surface area contributed by atoms with Crippen molar-refractivity contribution in [2.45, 2.75) is 56.5 Å². The second-order valence-corrected chi connectivity index (χ2v) is 5.51. The summed E-state index contributed by atoms with van der Waals surface area (Å²) in [5.74, 6) is -0.833. The minimum atomic E-state index is -3.38. The van der Waals surface area contributed by atoms with Crippen molar-refractivity contribution in [1.29, 1.82) is 0 Å². The molecule has 0 rings (SSSR count). The third-order valence-corrected chi connectivity index (χ3v) is 2.83. The van der Waals surface area contributed by atoms with E-state index in [-0.39, 0.29) is 0 Å². The van der Waals surface area contributed by atoms with Crippen LogP contribution >= 0.6 is 0 Å². The molecule has 0 saturated heterocycles. The highest BCUT2D eigenvalue weighted by molar-refractivity contribution is 5.62. The molecule has 3 nitrogen and oxygen atoms in total. The molecule has 0 aromatic carbocycles. The largest absolute Gasteiger partial charge is 0.481 e. The first-order valence-corrected chi connectivity index (χ1v) is 7.25. The third-order valence-electron chi connectivity index (χ3n) is 2.83. The average molecular weight is 389 g/mol. The lowest BCUT2D eigenvalue weighted by Crippen LogP contribution is -2.46. The van der Waals surface area contributed by atoms with E-state index in [9.17, 15) is 35.1 Å². The molecular weight excluding hydrogens is 366 g/mol. The highest BCUT2D eigenvalue weighted by Gasteiger charge is 2.45. The predicted molar refractivity (Wildman–Crippen MR) is 76.7 cm³/mol. The van der Waals surface area contributed by atoms with Gasteiger partial charge in [0.25, 0.3) is 5.97 Å². The van der Waals surface area contributed by atoms with Crippen molar-refractivity contribution in [2.24, 2.45) is 0 Å². The molecule has 0 amide bonds. The van der Waals surface area contributed by atoms with Crippen LogP contribution in [0.4, 0.5) is 35.1 Å². The molecule has 0 aliphatic carbocycles. The molecule has 0 saturated carbocycles. The summed E-state index contributed by atoms with van der Waals surface area (Å²) in [7, 11) is 2.69. The quantitative estimate of drug-likeness (QED) is 0.583. The van der Waals surface area contributed by atoms with Crippen LogP contribution in [0.1, 0.15) is 13.3 Å². The van der Waals surface area contributed by atoms with Gasteiger partial charge in [0.2, 0.25) is 0 Å². The first-order chi connectivity index (χ1) is 11.4. The molecule has 0 aliphatic rings. The van der Waals surface area contributed by atoms with Gasteiger partial charge in [-0.2, -0.15) is 0 Å². The Morgan fingerprint density at radius 1 is 0.840 bits per heavy atom. The SMILES string of the molecule is CC(=O)O.CN(C)CC(F)C(F)C(F)C(F)C(F)C(F)C(F)CCF. The molecule has 11 heteroatoms. The van der Waals surface area contributed by atoms with Crippen molar-refractivity contribution in [1.82, 2.24) is 4.90 Å². The molecule has 0 radical (unpaired) electrons. The zero-order valence-corrected chi connectivity index (χ0v) is 14.0. The number of hydrogen-bond donors (Lipinski definition) is 1. The first-order valence-electron chi connectivity index (χ1n) is 7.25. The number of nitrogens with zero attached hydrogens (tertiary/aromatic N) is 1. The summed E-state index contributed by atoms with van der Waals surface area (Å²) in [6, 6.07) is 0. The maximum absolute atomic E-state index is 13.3. The van der Waals surface area contributed by atoms with Gasteiger partial charge in [-0.25, -0.2) is 30.7 Å². The summed E-state index contributed by atoms with van der Waals surface area (Å²) < 4.78 is 104. The zero-order valence-electron chi connectivity index (χ0n) is 14.0. The lowest BCUT2D eigenvalue weighted by Gasteiger charge is -2.26. The van der Waals surface area contributed by atoms with E-state index in [1.54, 1.807) is 0 Å². The lowest BCUT2D eigenvalue weighted by atomic mass is 9.98. The second kappa shape index (κ2) is 13.1. The Labute approximate surface area is 141 Å². The average Bonchev–Trinajstić information content (AvgIpc) is 2.50. The molecule has 152 valence electrons. The highest BCUT2D eigenvalue weighted by Crippen LogP contribution is 2.26. The Morgan fingerprint density at radius 2 is 1.16 bits per heavy atom. The molecule has 25 heavy (non-hydrogen) atoms. The fraction of sp³-hybridized carbons (Fsp3) is 0.929. The second-order valence-electron chi connectivity index (χ2n) is 5.51. The molecule has 7 atom stereocenters. The predicted octanol–water partition coefficient (Wildman–Crippen LogP) is 3.37. The summed E-state index contributed by atoms with van der Waals surface area (Å²) in [5, 5.41) is 7.42. The van der Waals surface area contributed by atoms with Crippen LogP contribution in [0.25, 0.3) is 0 Å². The van der Waals surface area contributed by atoms with Crippen molar-refractivity contribution in [3.8, 4) is 0 Å². The minimum Gasteiger partial charge on any atom is -0.481 e. The van der Waals surface area contributed by atoms with Crippen molar-refractivity contribution >= 4 is 5.97 Å². The van der Waals surface area contributed by atoms with E-state index in [0.717, 1.165) is 11.8 Å². The van der Waals surface area contributed by atoms with Crippen LogP contribution < -0.4 is 0 Å². The Hall–Kier alpha value is -1.13. The number of rotatable bonds is 10. The van der Waals surface area contributed by atoms with E-state index in [1.165, 1.54) is 14.1 Å². The van der Waals surface area contributed by atoms with Gasteiger partial charge in [0.1, 0.15) is 12.3 Å². The fourth-order valence-corrected chi connectivity index (χ4v) is 1.64. The monoisotopic (exact) mass is 389 g/mol. The van der Waals surface area contributed by atoms with Crippen LogP contribution in [0.3, 0.4) is 0 Å². The van der Waals surface area contributed by atoms with E-state index in [2.05, 4.69) is 0 Å². The molecule has 0 heterocycles. The summed E-state index contributed by atoms with van der Waals surface area (Å²) in [6.07, 6.45) is -22.3. The highest BCUT2D eigenvalue weighted by atomic mass is 19.2. The summed E-state index contributed by atoms with van der Waals surface area (Å²) >= 11 is 0. The third kappa shape index (κ3) is 11.2. The van der Waals surface area contributed by atoms with Gasteiger partial charge >= 0.3 is 0 Å². The summed E-state index contributed by atoms with van der Waals surface area (Å²) in [5.41, 5.74) is 0. The molecule has 0 bridgehead atoms. The molecule has 7 unspecified atom stereocenters. The van der Waals surface area contributed by atoms with E-state index < -0.39 is 68.8 Å². The Kier molecular flexibility index (Phi) is 13.7. The van der Waals surface area contributed by atoms with E-state index in [1.807, 2.05) is 0 Å². The Morgan fingerprint density at radius 3 is 1.48 bits per heavy atom. The molecule has 0 fully saturated rings. The van der Waals surface area contributed by atoms with Crippen LogP contribution in [0.5, 0.6) is 0 Å². The van der Waals surface area contributed by atoms with Gasteiger partial charge in [0.15, 0.2) is 30.9 Å². The van der Waals surface area contributed by atoms with Crippen LogP contribution in [0.2, 0.25) is 0 Å². The van der Waals surface area contributed by atoms with Crippen LogP contribution in [-0.4, -0.2) is 86.5 Å². The lowest BCUT2D eigenvalue weighted by molar-refractivity contribution is -0.134. The van der Waals surface area contributed by atoms with Gasteiger partial charge in [-0.05, 0) is 14.1 Å². The smallest absolute Gasteiger partial charge is 0.300 e. The topological polar surface area (TPSA) is 40.5 Å². The molecule has 0 aromatic rings. The number of carboxylic acids is 1. The number of hydrogen-bond acceptors (Lipinski definition) is 2. The zero-order chi connectivity index (χ0) is 20.3. The Balaban J connectivity index is 0. The van der Waals surface area contributed by atoms with Crippen LogP contribution in [0.15, 0.2) is 0 Å². The minimum absolute atomic E-state index is 0.585. The summed E-state index contributed by atoms with van der Waals surface area (Å²) in [6.45, 7) is -0.816. The van der Waals surface area contributed by atoms with Crippen LogP contribution in [-0.2, 0) is 4.79 Å². The van der Waals surface area contributed by atoms with Crippen LogP contribution in [0, 0.1) is 0 Å². The number of aliphatic carboxylic acids is 1. The van der Waals surface area contributed by atoms with E-state index >= 15 is 0 Å². The molecule has 1 N–H and O–H groups in total. The first kappa shape index (κ1) is 26.1. The van der Waals surface area contributed by atoms with Crippen molar-refractivity contribution in [3.63, 3.8) is 0 Å². The maximum atomic E-state index is 13.3. The fourth-order valence-electron chi connectivity index (χ4n) is 1.64. The maximum Gasteiger partial charge on any atom is 0.300 e. The number of halogens is 8. The number of alkyl halides is 8. The van der Waals surface area contributed by atoms with E-state index in [0.29, 0.717) is 0 Å². The van der Waals surface area contributed by atoms with Gasteiger partial charge in [-0.1, -0.05) is 0 Å². The van der Waals surface area contributed by atoms with Gasteiger partial charge < -0.3 is 10.0 Å². The van der Waals surface area contributed by atoms with Gasteiger partial charge in [0, 0.05) is 19.9 Å². The molecule has 0 aromatic heterocycles.